The molecule has 0 saturated carbocycles. The monoisotopic (exact) mass is 407 g/mol. The van der Waals surface area contributed by atoms with E-state index >= 15 is 0 Å². The van der Waals surface area contributed by atoms with E-state index in [0.29, 0.717) is 10.5 Å². The van der Waals surface area contributed by atoms with Gasteiger partial charge in [-0.25, -0.2) is 0 Å². The zero-order valence-corrected chi connectivity index (χ0v) is 13.8. The van der Waals surface area contributed by atoms with Crippen molar-refractivity contribution >= 4 is 52.2 Å². The number of halogens is 1. The molecular formula is C16H10INO2S. The fraction of sp³-hybridized carbons (Fsp3) is 0. The minimum Gasteiger partial charge on any atom is -0.288 e. The minimum atomic E-state index is -0.0339. The summed E-state index contributed by atoms with van der Waals surface area (Å²) in [5.74, 6) is -0.0339. The normalized spacial score (nSPS) is 15.1. The number of thioether (sulfide) groups is 1. The summed E-state index contributed by atoms with van der Waals surface area (Å²) < 4.78 is 0.951. The van der Waals surface area contributed by atoms with Crippen LogP contribution in [-0.4, -0.2) is 12.2 Å². The molecule has 1 heterocycles. The van der Waals surface area contributed by atoms with E-state index in [2.05, 4.69) is 22.6 Å². The molecule has 0 saturated heterocycles. The smallest absolute Gasteiger partial charge is 0.218 e. The highest BCUT2D eigenvalue weighted by Gasteiger charge is 2.26. The summed E-state index contributed by atoms with van der Waals surface area (Å²) in [7, 11) is 0. The summed E-state index contributed by atoms with van der Waals surface area (Å²) in [6, 6.07) is 15.0. The van der Waals surface area contributed by atoms with Gasteiger partial charge in [0.15, 0.2) is 0 Å². The van der Waals surface area contributed by atoms with E-state index in [0.717, 1.165) is 20.6 Å². The lowest BCUT2D eigenvalue weighted by Gasteiger charge is -2.14. The summed E-state index contributed by atoms with van der Waals surface area (Å²) in [4.78, 5) is 26.7. The van der Waals surface area contributed by atoms with Gasteiger partial charge in [-0.1, -0.05) is 36.0 Å². The summed E-state index contributed by atoms with van der Waals surface area (Å²) in [6.07, 6.45) is 2.33. The number of rotatable bonds is 3. The van der Waals surface area contributed by atoms with Gasteiger partial charge in [0.25, 0.3) is 0 Å². The van der Waals surface area contributed by atoms with E-state index in [4.69, 9.17) is 0 Å². The van der Waals surface area contributed by atoms with Crippen LogP contribution in [0.2, 0.25) is 0 Å². The van der Waals surface area contributed by atoms with Crippen LogP contribution in [0.5, 0.6) is 0 Å². The van der Waals surface area contributed by atoms with Crippen molar-refractivity contribution in [2.24, 2.45) is 0 Å². The Hall–Kier alpha value is -1.60. The largest absolute Gasteiger partial charge is 0.288 e. The van der Waals surface area contributed by atoms with E-state index in [1.54, 1.807) is 6.20 Å². The summed E-state index contributed by atoms with van der Waals surface area (Å²) in [5.41, 5.74) is 1.47. The number of carbonyl (C=O) groups is 2. The fourth-order valence-electron chi connectivity index (χ4n) is 2.07. The summed E-state index contributed by atoms with van der Waals surface area (Å²) in [6.45, 7) is 0. The molecule has 1 aliphatic rings. The Balaban J connectivity index is 1.97. The van der Waals surface area contributed by atoms with Gasteiger partial charge >= 0.3 is 0 Å². The van der Waals surface area contributed by atoms with E-state index in [9.17, 15) is 9.59 Å². The molecule has 0 spiro atoms. The average molecular weight is 407 g/mol. The van der Waals surface area contributed by atoms with Crippen LogP contribution >= 0.6 is 34.4 Å². The second kappa shape index (κ2) is 6.03. The molecule has 1 aliphatic heterocycles. The highest BCUT2D eigenvalue weighted by Crippen LogP contribution is 2.40. The van der Waals surface area contributed by atoms with Gasteiger partial charge in [-0.15, -0.1) is 0 Å². The number of para-hydroxylation sites is 1. The second-order valence-electron chi connectivity index (χ2n) is 4.38. The van der Waals surface area contributed by atoms with Crippen LogP contribution in [0.1, 0.15) is 10.4 Å². The number of amides is 1. The van der Waals surface area contributed by atoms with Gasteiger partial charge < -0.3 is 0 Å². The van der Waals surface area contributed by atoms with Crippen molar-refractivity contribution in [2.45, 2.75) is 4.90 Å². The molecule has 0 aliphatic carbocycles. The standard InChI is InChI=1S/C16H10INO2S/c17-12-6-2-3-7-13(12)18(10-19)9-15-16(20)11-5-1-4-8-14(11)21-15/h1-10H. The first kappa shape index (κ1) is 14.3. The SMILES string of the molecule is O=CN(C=C1Sc2ccccc2C1=O)c1ccccc1I. The van der Waals surface area contributed by atoms with Gasteiger partial charge in [0.1, 0.15) is 0 Å². The molecule has 0 atom stereocenters. The van der Waals surface area contributed by atoms with E-state index in [1.807, 2.05) is 48.5 Å². The maximum Gasteiger partial charge on any atom is 0.218 e. The Bertz CT molecular complexity index is 757. The van der Waals surface area contributed by atoms with Crippen LogP contribution in [0.3, 0.4) is 0 Å². The third-order valence-corrected chi connectivity index (χ3v) is 5.07. The Kier molecular flexibility index (Phi) is 4.12. The maximum atomic E-state index is 12.3. The molecule has 1 amide bonds. The molecule has 0 unspecified atom stereocenters. The van der Waals surface area contributed by atoms with Crippen LogP contribution in [0.15, 0.2) is 64.5 Å². The van der Waals surface area contributed by atoms with Crippen LogP contribution in [0.25, 0.3) is 0 Å². The molecule has 2 aromatic carbocycles. The van der Waals surface area contributed by atoms with E-state index in [-0.39, 0.29) is 5.78 Å². The molecule has 0 radical (unpaired) electrons. The first-order chi connectivity index (χ1) is 10.2. The van der Waals surface area contributed by atoms with Gasteiger partial charge in [0.05, 0.1) is 10.6 Å². The molecule has 104 valence electrons. The van der Waals surface area contributed by atoms with Crippen molar-refractivity contribution in [3.05, 3.63) is 68.8 Å². The zero-order valence-electron chi connectivity index (χ0n) is 10.8. The number of hydrogen-bond donors (Lipinski definition) is 0. The lowest BCUT2D eigenvalue weighted by atomic mass is 10.1. The zero-order chi connectivity index (χ0) is 14.8. The van der Waals surface area contributed by atoms with Crippen molar-refractivity contribution in [3.8, 4) is 0 Å². The fourth-order valence-corrected chi connectivity index (χ4v) is 3.76. The number of fused-ring (bicyclic) bond motifs is 1. The van der Waals surface area contributed by atoms with Crippen LogP contribution in [-0.2, 0) is 4.79 Å². The third kappa shape index (κ3) is 2.75. The van der Waals surface area contributed by atoms with Crippen molar-refractivity contribution < 1.29 is 9.59 Å². The van der Waals surface area contributed by atoms with Gasteiger partial charge in [0.2, 0.25) is 12.2 Å². The molecule has 5 heteroatoms. The quantitative estimate of drug-likeness (QED) is 0.437. The molecule has 0 fully saturated rings. The Morgan fingerprint density at radius 2 is 1.76 bits per heavy atom. The number of benzene rings is 2. The van der Waals surface area contributed by atoms with Crippen LogP contribution in [0, 0.1) is 3.57 Å². The molecule has 0 N–H and O–H groups in total. The van der Waals surface area contributed by atoms with Crippen molar-refractivity contribution in [1.82, 2.24) is 0 Å². The number of anilines is 1. The Morgan fingerprint density at radius 3 is 2.48 bits per heavy atom. The molecule has 2 aromatic rings. The Morgan fingerprint density at radius 1 is 1.05 bits per heavy atom. The van der Waals surface area contributed by atoms with Crippen LogP contribution in [0.4, 0.5) is 5.69 Å². The third-order valence-electron chi connectivity index (χ3n) is 3.08. The maximum absolute atomic E-state index is 12.3. The van der Waals surface area contributed by atoms with E-state index in [1.165, 1.54) is 16.7 Å². The topological polar surface area (TPSA) is 37.4 Å². The highest BCUT2D eigenvalue weighted by atomic mass is 127. The number of ketones is 1. The number of hydrogen-bond acceptors (Lipinski definition) is 3. The van der Waals surface area contributed by atoms with E-state index < -0.39 is 0 Å². The molecular weight excluding hydrogens is 397 g/mol. The first-order valence-corrected chi connectivity index (χ1v) is 8.12. The molecule has 3 nitrogen and oxygen atoms in total. The molecule has 21 heavy (non-hydrogen) atoms. The predicted molar refractivity (Wildman–Crippen MR) is 92.4 cm³/mol. The lowest BCUT2D eigenvalue weighted by molar-refractivity contribution is -0.106. The minimum absolute atomic E-state index is 0.0339. The van der Waals surface area contributed by atoms with Crippen molar-refractivity contribution in [3.63, 3.8) is 0 Å². The number of nitrogens with zero attached hydrogens (tertiary/aromatic N) is 1. The number of allylic oxidation sites excluding steroid dienone is 1. The highest BCUT2D eigenvalue weighted by molar-refractivity contribution is 14.1. The van der Waals surface area contributed by atoms with Gasteiger partial charge in [0, 0.05) is 20.2 Å². The second-order valence-corrected chi connectivity index (χ2v) is 6.63. The predicted octanol–water partition coefficient (Wildman–Crippen LogP) is 4.08. The number of carbonyl (C=O) groups excluding carboxylic acids is 2. The van der Waals surface area contributed by atoms with Crippen LogP contribution < -0.4 is 4.90 Å². The van der Waals surface area contributed by atoms with Gasteiger partial charge in [-0.3, -0.25) is 14.5 Å². The Labute approximate surface area is 140 Å². The average Bonchev–Trinajstić information content (AvgIpc) is 2.82. The van der Waals surface area contributed by atoms with Crippen molar-refractivity contribution in [1.29, 1.82) is 0 Å². The molecule has 3 rings (SSSR count). The summed E-state index contributed by atoms with van der Waals surface area (Å²) >= 11 is 3.57. The molecule has 0 bridgehead atoms. The number of Topliss-reactive ketones (excluding diaryl/α,β-unsaturated/α-hetero) is 1. The van der Waals surface area contributed by atoms with Gasteiger partial charge in [-0.2, -0.15) is 0 Å². The lowest BCUT2D eigenvalue weighted by Crippen LogP contribution is -2.15. The van der Waals surface area contributed by atoms with Crippen molar-refractivity contribution in [2.75, 3.05) is 4.90 Å². The summed E-state index contributed by atoms with van der Waals surface area (Å²) in [5, 5.41) is 0. The first-order valence-electron chi connectivity index (χ1n) is 6.22. The molecule has 0 aromatic heterocycles. The van der Waals surface area contributed by atoms with Gasteiger partial charge in [-0.05, 0) is 46.9 Å².